The molecule has 1 heterocycles. The molecule has 1 atom stereocenters. The fourth-order valence-electron chi connectivity index (χ4n) is 3.50. The topological polar surface area (TPSA) is 48.4 Å². The number of rotatable bonds is 10. The van der Waals surface area contributed by atoms with Crippen LogP contribution in [-0.2, 0) is 6.54 Å². The van der Waals surface area contributed by atoms with Crippen molar-refractivity contribution < 1.29 is 14.6 Å². The molecule has 2 rings (SSSR count). The number of β-amino-alcohol motifs (C(OH)–C–C–N with tert-alkyl or cyclic N) is 1. The number of likely N-dealkylation sites (N-methyl/N-ethyl adjacent to an activating group) is 1. The Bertz CT molecular complexity index is 560. The summed E-state index contributed by atoms with van der Waals surface area (Å²) in [5, 5.41) is 10.4. The first kappa shape index (κ1) is 22.0. The average Bonchev–Trinajstić information content (AvgIpc) is 2.61. The van der Waals surface area contributed by atoms with Gasteiger partial charge in [-0.2, -0.15) is 0 Å². The van der Waals surface area contributed by atoms with Crippen molar-refractivity contribution in [3.05, 3.63) is 23.8 Å². The van der Waals surface area contributed by atoms with Crippen molar-refractivity contribution in [1.82, 2.24) is 14.7 Å². The summed E-state index contributed by atoms with van der Waals surface area (Å²) in [5.74, 6) is 2.04. The van der Waals surface area contributed by atoms with Crippen molar-refractivity contribution in [2.24, 2.45) is 5.92 Å². The molecule has 0 radical (unpaired) electrons. The minimum absolute atomic E-state index is 0.272. The lowest BCUT2D eigenvalue weighted by Crippen LogP contribution is -2.47. The number of hydrogen-bond donors (Lipinski definition) is 1. The second kappa shape index (κ2) is 10.9. The Labute approximate surface area is 164 Å². The van der Waals surface area contributed by atoms with E-state index in [2.05, 4.69) is 48.7 Å². The molecule has 0 aliphatic carbocycles. The van der Waals surface area contributed by atoms with Crippen LogP contribution in [0.5, 0.6) is 11.5 Å². The Hall–Kier alpha value is -1.34. The molecule has 27 heavy (non-hydrogen) atoms. The van der Waals surface area contributed by atoms with Gasteiger partial charge in [-0.15, -0.1) is 0 Å². The van der Waals surface area contributed by atoms with Crippen molar-refractivity contribution in [1.29, 1.82) is 0 Å². The van der Waals surface area contributed by atoms with E-state index in [0.29, 0.717) is 24.0 Å². The maximum atomic E-state index is 10.4. The molecule has 1 aliphatic rings. The summed E-state index contributed by atoms with van der Waals surface area (Å²) in [5.41, 5.74) is 1.18. The van der Waals surface area contributed by atoms with E-state index in [9.17, 15) is 5.11 Å². The summed E-state index contributed by atoms with van der Waals surface area (Å²) in [6.07, 6.45) is -0.509. The van der Waals surface area contributed by atoms with E-state index >= 15 is 0 Å². The van der Waals surface area contributed by atoms with E-state index in [1.165, 1.54) is 5.56 Å². The van der Waals surface area contributed by atoms with Crippen molar-refractivity contribution in [3.8, 4) is 11.5 Å². The molecule has 1 fully saturated rings. The van der Waals surface area contributed by atoms with Crippen LogP contribution in [-0.4, -0.2) is 93.0 Å². The minimum atomic E-state index is -0.509. The van der Waals surface area contributed by atoms with Gasteiger partial charge >= 0.3 is 0 Å². The molecule has 0 unspecified atom stereocenters. The second-order valence-electron chi connectivity index (χ2n) is 8.14. The first-order valence-electron chi connectivity index (χ1n) is 9.94. The lowest BCUT2D eigenvalue weighted by molar-refractivity contribution is 0.0497. The quantitative estimate of drug-likeness (QED) is 0.669. The molecule has 0 spiro atoms. The lowest BCUT2D eigenvalue weighted by Gasteiger charge is -2.33. The fourth-order valence-corrected chi connectivity index (χ4v) is 3.50. The maximum Gasteiger partial charge on any atom is 0.161 e. The van der Waals surface area contributed by atoms with Gasteiger partial charge in [0.15, 0.2) is 11.5 Å². The third-order valence-corrected chi connectivity index (χ3v) is 4.85. The SMILES string of the molecule is COc1ccc(CN(C)CC(C)C)cc1OC[C@@H](O)CN1CCN(C)CC1. The molecule has 1 aromatic carbocycles. The zero-order chi connectivity index (χ0) is 19.8. The summed E-state index contributed by atoms with van der Waals surface area (Å²) in [6, 6.07) is 6.04. The Balaban J connectivity index is 1.88. The standard InChI is InChI=1S/C21H37N3O3/c1-17(2)13-23(4)14-18-6-7-20(26-5)21(12-18)27-16-19(25)15-24-10-8-22(3)9-11-24/h6-7,12,17,19,25H,8-11,13-16H2,1-5H3/t19-/m0/s1. The summed E-state index contributed by atoms with van der Waals surface area (Å²) in [7, 11) is 5.91. The molecule has 0 saturated carbocycles. The molecular formula is C21H37N3O3. The van der Waals surface area contributed by atoms with Crippen LogP contribution in [0.4, 0.5) is 0 Å². The molecule has 6 nitrogen and oxygen atoms in total. The summed E-state index contributed by atoms with van der Waals surface area (Å²) in [4.78, 5) is 6.91. The van der Waals surface area contributed by atoms with E-state index in [-0.39, 0.29) is 6.61 Å². The van der Waals surface area contributed by atoms with Crippen molar-refractivity contribution in [2.75, 3.05) is 67.1 Å². The fraction of sp³-hybridized carbons (Fsp3) is 0.714. The molecule has 1 N–H and O–H groups in total. The molecule has 1 aliphatic heterocycles. The number of methoxy groups -OCH3 is 1. The first-order valence-corrected chi connectivity index (χ1v) is 9.94. The van der Waals surface area contributed by atoms with Gasteiger partial charge in [-0.3, -0.25) is 4.90 Å². The van der Waals surface area contributed by atoms with E-state index < -0.39 is 6.10 Å². The number of nitrogens with zero attached hydrogens (tertiary/aromatic N) is 3. The summed E-state index contributed by atoms with van der Waals surface area (Å²) < 4.78 is 11.4. The lowest BCUT2D eigenvalue weighted by atomic mass is 10.1. The third kappa shape index (κ3) is 7.66. The highest BCUT2D eigenvalue weighted by atomic mass is 16.5. The molecule has 1 saturated heterocycles. The first-order chi connectivity index (χ1) is 12.9. The molecule has 0 bridgehead atoms. The molecule has 0 amide bonds. The smallest absolute Gasteiger partial charge is 0.161 e. The van der Waals surface area contributed by atoms with E-state index in [1.807, 2.05) is 12.1 Å². The average molecular weight is 380 g/mol. The number of ether oxygens (including phenoxy) is 2. The van der Waals surface area contributed by atoms with E-state index in [0.717, 1.165) is 39.3 Å². The Morgan fingerprint density at radius 1 is 1.15 bits per heavy atom. The summed E-state index contributed by atoms with van der Waals surface area (Å²) >= 11 is 0. The predicted octanol–water partition coefficient (Wildman–Crippen LogP) is 1.77. The second-order valence-corrected chi connectivity index (χ2v) is 8.14. The Morgan fingerprint density at radius 2 is 1.85 bits per heavy atom. The number of piperazine rings is 1. The van der Waals surface area contributed by atoms with Gasteiger partial charge in [0.1, 0.15) is 12.7 Å². The number of aliphatic hydroxyl groups excluding tert-OH is 1. The van der Waals surface area contributed by atoms with E-state index in [4.69, 9.17) is 9.47 Å². The normalized spacial score (nSPS) is 17.5. The molecule has 154 valence electrons. The van der Waals surface area contributed by atoms with Crippen LogP contribution in [0, 0.1) is 5.92 Å². The molecular weight excluding hydrogens is 342 g/mol. The highest BCUT2D eigenvalue weighted by Crippen LogP contribution is 2.28. The van der Waals surface area contributed by atoms with Gasteiger partial charge in [-0.1, -0.05) is 19.9 Å². The zero-order valence-corrected chi connectivity index (χ0v) is 17.6. The maximum absolute atomic E-state index is 10.4. The predicted molar refractivity (Wildman–Crippen MR) is 110 cm³/mol. The van der Waals surface area contributed by atoms with Crippen LogP contribution in [0.3, 0.4) is 0 Å². The van der Waals surface area contributed by atoms with Gasteiger partial charge < -0.3 is 24.4 Å². The van der Waals surface area contributed by atoms with Crippen LogP contribution in [0.1, 0.15) is 19.4 Å². The number of hydrogen-bond acceptors (Lipinski definition) is 6. The van der Waals surface area contributed by atoms with Crippen LogP contribution in [0.2, 0.25) is 0 Å². The van der Waals surface area contributed by atoms with Crippen LogP contribution >= 0.6 is 0 Å². The van der Waals surface area contributed by atoms with Gasteiger partial charge in [0.05, 0.1) is 7.11 Å². The Morgan fingerprint density at radius 3 is 2.48 bits per heavy atom. The minimum Gasteiger partial charge on any atom is -0.493 e. The Kier molecular flexibility index (Phi) is 8.83. The number of benzene rings is 1. The number of aliphatic hydroxyl groups is 1. The highest BCUT2D eigenvalue weighted by molar-refractivity contribution is 5.43. The van der Waals surface area contributed by atoms with Crippen LogP contribution < -0.4 is 9.47 Å². The zero-order valence-electron chi connectivity index (χ0n) is 17.6. The largest absolute Gasteiger partial charge is 0.493 e. The van der Waals surface area contributed by atoms with Gasteiger partial charge in [0.25, 0.3) is 0 Å². The van der Waals surface area contributed by atoms with Crippen LogP contribution in [0.15, 0.2) is 18.2 Å². The molecule has 1 aromatic rings. The summed E-state index contributed by atoms with van der Waals surface area (Å²) in [6.45, 7) is 11.4. The van der Waals surface area contributed by atoms with Gasteiger partial charge in [0.2, 0.25) is 0 Å². The van der Waals surface area contributed by atoms with Crippen molar-refractivity contribution in [3.63, 3.8) is 0 Å². The molecule has 6 heteroatoms. The highest BCUT2D eigenvalue weighted by Gasteiger charge is 2.18. The van der Waals surface area contributed by atoms with E-state index in [1.54, 1.807) is 7.11 Å². The van der Waals surface area contributed by atoms with Gasteiger partial charge in [-0.05, 0) is 37.7 Å². The van der Waals surface area contributed by atoms with Gasteiger partial charge in [-0.25, -0.2) is 0 Å². The van der Waals surface area contributed by atoms with Crippen molar-refractivity contribution >= 4 is 0 Å². The monoisotopic (exact) mass is 379 g/mol. The van der Waals surface area contributed by atoms with Crippen molar-refractivity contribution in [2.45, 2.75) is 26.5 Å². The van der Waals surface area contributed by atoms with Crippen LogP contribution in [0.25, 0.3) is 0 Å². The van der Waals surface area contributed by atoms with Gasteiger partial charge in [0, 0.05) is 45.8 Å². The molecule has 0 aromatic heterocycles. The third-order valence-electron chi connectivity index (χ3n) is 4.85.